The molecule has 0 bridgehead atoms. The number of halogens is 1. The SMILES string of the molecule is CCCCCCCCCCCCCCCC[N+](C)(C)CCCC[Si](OC)(OC)OC.[Cl-]. The van der Waals surface area contributed by atoms with Gasteiger partial charge in [0, 0.05) is 27.4 Å². The van der Waals surface area contributed by atoms with E-state index in [1.54, 1.807) is 21.3 Å². The van der Waals surface area contributed by atoms with Gasteiger partial charge in [-0.3, -0.25) is 0 Å². The fourth-order valence-electron chi connectivity index (χ4n) is 4.28. The molecule has 0 heterocycles. The molecule has 31 heavy (non-hydrogen) atoms. The zero-order valence-electron chi connectivity index (χ0n) is 22.0. The molecular weight excluding hydrogens is 426 g/mol. The lowest BCUT2D eigenvalue weighted by molar-refractivity contribution is -0.890. The zero-order valence-corrected chi connectivity index (χ0v) is 23.7. The summed E-state index contributed by atoms with van der Waals surface area (Å²) in [5.41, 5.74) is 0. The lowest BCUT2D eigenvalue weighted by atomic mass is 10.0. The van der Waals surface area contributed by atoms with E-state index in [0.29, 0.717) is 0 Å². The first-order valence-corrected chi connectivity index (χ1v) is 14.9. The summed E-state index contributed by atoms with van der Waals surface area (Å²) in [4.78, 5) is 0. The summed E-state index contributed by atoms with van der Waals surface area (Å²) >= 11 is 0. The van der Waals surface area contributed by atoms with Crippen molar-refractivity contribution in [2.75, 3.05) is 48.5 Å². The Morgan fingerprint density at radius 2 is 0.839 bits per heavy atom. The van der Waals surface area contributed by atoms with Crippen molar-refractivity contribution < 1.29 is 30.2 Å². The van der Waals surface area contributed by atoms with Gasteiger partial charge >= 0.3 is 8.80 Å². The zero-order chi connectivity index (χ0) is 22.6. The van der Waals surface area contributed by atoms with Crippen LogP contribution in [-0.2, 0) is 13.3 Å². The van der Waals surface area contributed by atoms with Gasteiger partial charge in [-0.1, -0.05) is 84.0 Å². The summed E-state index contributed by atoms with van der Waals surface area (Å²) in [5.74, 6) is 0. The fraction of sp³-hybridized carbons (Fsp3) is 1.00. The highest BCUT2D eigenvalue weighted by Gasteiger charge is 2.37. The van der Waals surface area contributed by atoms with Crippen LogP contribution in [-0.4, -0.2) is 61.8 Å². The Kier molecular flexibility index (Phi) is 24.0. The summed E-state index contributed by atoms with van der Waals surface area (Å²) in [6.45, 7) is 4.81. The van der Waals surface area contributed by atoms with Crippen LogP contribution in [0, 0.1) is 0 Å². The van der Waals surface area contributed by atoms with Crippen LogP contribution in [0.5, 0.6) is 0 Å². The number of hydrogen-bond acceptors (Lipinski definition) is 3. The van der Waals surface area contributed by atoms with Crippen molar-refractivity contribution >= 4 is 8.80 Å². The molecule has 4 nitrogen and oxygen atoms in total. The van der Waals surface area contributed by atoms with Crippen LogP contribution in [0.4, 0.5) is 0 Å². The number of hydrogen-bond donors (Lipinski definition) is 0. The molecule has 0 radical (unpaired) electrons. The number of rotatable bonds is 23. The number of unbranched alkanes of at least 4 members (excludes halogenated alkanes) is 14. The minimum atomic E-state index is -2.38. The largest absolute Gasteiger partial charge is 1.00 e. The normalized spacial score (nSPS) is 12.2. The van der Waals surface area contributed by atoms with Crippen LogP contribution in [0.25, 0.3) is 0 Å². The van der Waals surface area contributed by atoms with Gasteiger partial charge in [0.05, 0.1) is 27.2 Å². The van der Waals surface area contributed by atoms with Crippen LogP contribution in [0.15, 0.2) is 0 Å². The van der Waals surface area contributed by atoms with E-state index in [9.17, 15) is 0 Å². The van der Waals surface area contributed by atoms with Gasteiger partial charge in [-0.15, -0.1) is 0 Å². The molecule has 0 aromatic carbocycles. The molecule has 0 saturated heterocycles. The van der Waals surface area contributed by atoms with Crippen molar-refractivity contribution in [3.63, 3.8) is 0 Å². The molecule has 0 fully saturated rings. The average molecular weight is 482 g/mol. The van der Waals surface area contributed by atoms with E-state index >= 15 is 0 Å². The third-order valence-corrected chi connectivity index (χ3v) is 9.38. The molecule has 0 aromatic heterocycles. The van der Waals surface area contributed by atoms with Crippen molar-refractivity contribution in [1.29, 1.82) is 0 Å². The van der Waals surface area contributed by atoms with E-state index in [1.165, 1.54) is 109 Å². The summed E-state index contributed by atoms with van der Waals surface area (Å²) in [6.07, 6.45) is 22.3. The molecule has 0 N–H and O–H groups in total. The lowest BCUT2D eigenvalue weighted by Crippen LogP contribution is -3.00. The Morgan fingerprint density at radius 1 is 0.516 bits per heavy atom. The molecule has 0 aromatic rings. The van der Waals surface area contributed by atoms with Gasteiger partial charge in [0.15, 0.2) is 0 Å². The molecule has 0 saturated carbocycles. The van der Waals surface area contributed by atoms with E-state index in [1.807, 2.05) is 0 Å². The topological polar surface area (TPSA) is 27.7 Å². The highest BCUT2D eigenvalue weighted by atomic mass is 35.5. The summed E-state index contributed by atoms with van der Waals surface area (Å²) in [6, 6.07) is 0.912. The summed E-state index contributed by atoms with van der Waals surface area (Å²) in [7, 11) is 7.47. The molecule has 0 atom stereocenters. The van der Waals surface area contributed by atoms with Crippen molar-refractivity contribution in [3.8, 4) is 0 Å². The van der Waals surface area contributed by atoms with Gasteiger partial charge in [-0.25, -0.2) is 0 Å². The third-order valence-electron chi connectivity index (χ3n) is 6.55. The Balaban J connectivity index is 0. The second kappa shape index (κ2) is 22.2. The first kappa shape index (κ1) is 33.5. The van der Waals surface area contributed by atoms with Gasteiger partial charge in [0.25, 0.3) is 0 Å². The van der Waals surface area contributed by atoms with Gasteiger partial charge in [0.2, 0.25) is 0 Å². The second-order valence-corrected chi connectivity index (χ2v) is 12.8. The predicted octanol–water partition coefficient (Wildman–Crippen LogP) is 4.21. The van der Waals surface area contributed by atoms with E-state index < -0.39 is 8.80 Å². The molecule has 0 aliphatic carbocycles. The smallest absolute Gasteiger partial charge is 0.500 e. The molecule has 0 spiro atoms. The van der Waals surface area contributed by atoms with Crippen molar-refractivity contribution in [3.05, 3.63) is 0 Å². The first-order valence-electron chi connectivity index (χ1n) is 12.9. The van der Waals surface area contributed by atoms with E-state index in [-0.39, 0.29) is 12.4 Å². The standard InChI is InChI=1S/C25H56NO3Si.ClH/c1-7-8-9-10-11-12-13-14-15-16-17-18-19-20-23-26(2,3)24-21-22-25-30(27-4,28-5)29-6;/h7-25H2,1-6H3;1H/q+1;/p-1. The molecule has 0 amide bonds. The average Bonchev–Trinajstić information content (AvgIpc) is 2.74. The van der Waals surface area contributed by atoms with E-state index in [0.717, 1.165) is 16.9 Å². The van der Waals surface area contributed by atoms with Crippen LogP contribution in [0.1, 0.15) is 110 Å². The van der Waals surface area contributed by atoms with Crippen LogP contribution in [0.2, 0.25) is 6.04 Å². The molecule has 0 unspecified atom stereocenters. The van der Waals surface area contributed by atoms with Crippen LogP contribution < -0.4 is 12.4 Å². The Hall–Kier alpha value is 0.347. The monoisotopic (exact) mass is 481 g/mol. The molecular formula is C25H56ClNO3Si. The molecule has 0 aliphatic heterocycles. The first-order chi connectivity index (χ1) is 14.4. The Morgan fingerprint density at radius 3 is 1.19 bits per heavy atom. The Labute approximate surface area is 203 Å². The van der Waals surface area contributed by atoms with Crippen LogP contribution in [0.3, 0.4) is 0 Å². The third kappa shape index (κ3) is 19.5. The molecule has 0 aliphatic rings. The minimum Gasteiger partial charge on any atom is -1.00 e. The van der Waals surface area contributed by atoms with Gasteiger partial charge in [0.1, 0.15) is 0 Å². The van der Waals surface area contributed by atoms with E-state index in [4.69, 9.17) is 13.3 Å². The maximum absolute atomic E-state index is 5.51. The minimum absolute atomic E-state index is 0. The fourth-order valence-corrected chi connectivity index (χ4v) is 6.08. The highest BCUT2D eigenvalue weighted by molar-refractivity contribution is 6.60. The second-order valence-electron chi connectivity index (χ2n) is 9.73. The quantitative estimate of drug-likeness (QED) is 0.124. The van der Waals surface area contributed by atoms with E-state index in [2.05, 4.69) is 21.0 Å². The summed E-state index contributed by atoms with van der Waals surface area (Å²) < 4.78 is 17.7. The predicted molar refractivity (Wildman–Crippen MR) is 133 cm³/mol. The van der Waals surface area contributed by atoms with Gasteiger partial charge in [-0.05, 0) is 25.7 Å². The van der Waals surface area contributed by atoms with Crippen molar-refractivity contribution in [2.45, 2.75) is 116 Å². The number of quaternary nitrogens is 1. The molecule has 190 valence electrons. The highest BCUT2D eigenvalue weighted by Crippen LogP contribution is 2.18. The van der Waals surface area contributed by atoms with Gasteiger partial charge in [-0.2, -0.15) is 0 Å². The van der Waals surface area contributed by atoms with Crippen LogP contribution >= 0.6 is 0 Å². The molecule has 0 rings (SSSR count). The van der Waals surface area contributed by atoms with Gasteiger partial charge < -0.3 is 30.2 Å². The maximum atomic E-state index is 5.51. The molecule has 6 heteroatoms. The van der Waals surface area contributed by atoms with Crippen molar-refractivity contribution in [1.82, 2.24) is 0 Å². The maximum Gasteiger partial charge on any atom is 0.500 e. The van der Waals surface area contributed by atoms with Crippen molar-refractivity contribution in [2.24, 2.45) is 0 Å². The lowest BCUT2D eigenvalue weighted by Gasteiger charge is -2.30. The number of nitrogens with zero attached hydrogens (tertiary/aromatic N) is 1. The summed E-state index contributed by atoms with van der Waals surface area (Å²) in [5, 5.41) is 0. The Bertz CT molecular complexity index is 360.